The zero-order chi connectivity index (χ0) is 16.1. The van der Waals surface area contributed by atoms with Gasteiger partial charge in [0.25, 0.3) is 0 Å². The highest BCUT2D eigenvalue weighted by atomic mass is 16.6. The fourth-order valence-electron chi connectivity index (χ4n) is 2.90. The van der Waals surface area contributed by atoms with Gasteiger partial charge in [-0.25, -0.2) is 0 Å². The number of benzene rings is 2. The summed E-state index contributed by atoms with van der Waals surface area (Å²) in [5.41, 5.74) is 5.42. The smallest absolute Gasteiger partial charge is 0.120 e. The van der Waals surface area contributed by atoms with Gasteiger partial charge in [-0.05, 0) is 55.8 Å². The Balaban J connectivity index is 1.81. The molecule has 3 rings (SSSR count). The Bertz CT molecular complexity index is 710. The van der Waals surface area contributed by atoms with Crippen LogP contribution in [0.25, 0.3) is 11.1 Å². The molecule has 0 radical (unpaired) electrons. The Morgan fingerprint density at radius 1 is 0.957 bits per heavy atom. The van der Waals surface area contributed by atoms with Crippen LogP contribution in [0.4, 0.5) is 0 Å². The van der Waals surface area contributed by atoms with Gasteiger partial charge in [-0.1, -0.05) is 29.4 Å². The standard InChI is InChI=1S/C19H22N2O2/c1-20-11-5-6-12-23-14-9-10-16-15-7-3-4-8-17(15)19(21-22-2)18(16)13-14/h3-4,7-10,13,20H,5-6,11-12H2,1-2H3/b21-19+. The molecule has 0 bridgehead atoms. The van der Waals surface area contributed by atoms with E-state index in [1.807, 2.05) is 25.2 Å². The monoisotopic (exact) mass is 310 g/mol. The van der Waals surface area contributed by atoms with Gasteiger partial charge < -0.3 is 14.9 Å². The van der Waals surface area contributed by atoms with E-state index in [2.05, 4.69) is 34.7 Å². The molecule has 4 nitrogen and oxygen atoms in total. The van der Waals surface area contributed by atoms with E-state index in [4.69, 9.17) is 9.57 Å². The van der Waals surface area contributed by atoms with Gasteiger partial charge in [-0.3, -0.25) is 0 Å². The second-order valence-corrected chi connectivity index (χ2v) is 5.53. The Morgan fingerprint density at radius 3 is 2.52 bits per heavy atom. The number of hydrogen-bond donors (Lipinski definition) is 1. The molecule has 1 aliphatic rings. The number of ether oxygens (including phenoxy) is 1. The van der Waals surface area contributed by atoms with Crippen LogP contribution < -0.4 is 10.1 Å². The van der Waals surface area contributed by atoms with Crippen molar-refractivity contribution >= 4 is 5.71 Å². The lowest BCUT2D eigenvalue weighted by atomic mass is 10.1. The summed E-state index contributed by atoms with van der Waals surface area (Å²) >= 11 is 0. The molecule has 0 saturated heterocycles. The number of hydrogen-bond acceptors (Lipinski definition) is 4. The topological polar surface area (TPSA) is 42.8 Å². The minimum absolute atomic E-state index is 0.726. The number of nitrogens with one attached hydrogen (secondary N) is 1. The minimum atomic E-state index is 0.726. The van der Waals surface area contributed by atoms with Gasteiger partial charge in [-0.2, -0.15) is 0 Å². The molecule has 0 aromatic heterocycles. The Morgan fingerprint density at radius 2 is 1.74 bits per heavy atom. The Kier molecular flexibility index (Phi) is 4.93. The van der Waals surface area contributed by atoms with Crippen LogP contribution in [0.1, 0.15) is 24.0 Å². The number of oxime groups is 1. The molecule has 2 aromatic carbocycles. The molecule has 120 valence electrons. The molecule has 1 N–H and O–H groups in total. The third kappa shape index (κ3) is 3.22. The van der Waals surface area contributed by atoms with Crippen molar-refractivity contribution < 1.29 is 9.57 Å². The van der Waals surface area contributed by atoms with Crippen molar-refractivity contribution in [2.75, 3.05) is 27.3 Å². The lowest BCUT2D eigenvalue weighted by Gasteiger charge is -2.08. The van der Waals surface area contributed by atoms with Crippen molar-refractivity contribution in [2.24, 2.45) is 5.16 Å². The van der Waals surface area contributed by atoms with E-state index in [1.165, 1.54) is 11.1 Å². The first-order valence-electron chi connectivity index (χ1n) is 7.98. The quantitative estimate of drug-likeness (QED) is 0.537. The second kappa shape index (κ2) is 7.29. The zero-order valence-electron chi connectivity index (χ0n) is 13.6. The molecule has 0 aliphatic heterocycles. The fourth-order valence-corrected chi connectivity index (χ4v) is 2.90. The molecule has 0 saturated carbocycles. The summed E-state index contributed by atoms with van der Waals surface area (Å²) in [6.45, 7) is 1.75. The molecule has 2 aromatic rings. The van der Waals surface area contributed by atoms with E-state index in [9.17, 15) is 0 Å². The van der Waals surface area contributed by atoms with Crippen LogP contribution in [0.5, 0.6) is 5.75 Å². The van der Waals surface area contributed by atoms with Crippen LogP contribution in [-0.4, -0.2) is 33.0 Å². The summed E-state index contributed by atoms with van der Waals surface area (Å²) in [5, 5.41) is 7.37. The molecule has 0 heterocycles. The van der Waals surface area contributed by atoms with Crippen LogP contribution in [0.15, 0.2) is 47.6 Å². The van der Waals surface area contributed by atoms with E-state index in [0.29, 0.717) is 0 Å². The van der Waals surface area contributed by atoms with Gasteiger partial charge in [0.05, 0.1) is 6.61 Å². The van der Waals surface area contributed by atoms with E-state index < -0.39 is 0 Å². The molecular weight excluding hydrogens is 288 g/mol. The van der Waals surface area contributed by atoms with E-state index in [0.717, 1.165) is 48.6 Å². The first-order valence-corrected chi connectivity index (χ1v) is 7.98. The third-order valence-corrected chi connectivity index (χ3v) is 3.99. The van der Waals surface area contributed by atoms with Crippen molar-refractivity contribution in [1.29, 1.82) is 0 Å². The van der Waals surface area contributed by atoms with Gasteiger partial charge >= 0.3 is 0 Å². The fraction of sp³-hybridized carbons (Fsp3) is 0.316. The molecule has 0 fully saturated rings. The summed E-state index contributed by atoms with van der Waals surface area (Å²) in [7, 11) is 3.55. The van der Waals surface area contributed by atoms with Crippen molar-refractivity contribution in [3.8, 4) is 16.9 Å². The molecule has 0 atom stereocenters. The molecule has 23 heavy (non-hydrogen) atoms. The van der Waals surface area contributed by atoms with Gasteiger partial charge in [-0.15, -0.1) is 0 Å². The van der Waals surface area contributed by atoms with Crippen LogP contribution in [0.2, 0.25) is 0 Å². The van der Waals surface area contributed by atoms with Crippen molar-refractivity contribution in [1.82, 2.24) is 5.32 Å². The lowest BCUT2D eigenvalue weighted by Crippen LogP contribution is -2.09. The first kappa shape index (κ1) is 15.6. The van der Waals surface area contributed by atoms with Gasteiger partial charge in [0, 0.05) is 11.1 Å². The third-order valence-electron chi connectivity index (χ3n) is 3.99. The molecule has 0 spiro atoms. The average molecular weight is 310 g/mol. The number of nitrogens with zero attached hydrogens (tertiary/aromatic N) is 1. The lowest BCUT2D eigenvalue weighted by molar-refractivity contribution is 0.214. The van der Waals surface area contributed by atoms with Crippen LogP contribution in [-0.2, 0) is 4.84 Å². The van der Waals surface area contributed by atoms with Gasteiger partial charge in [0.2, 0.25) is 0 Å². The molecular formula is C19H22N2O2. The molecule has 4 heteroatoms. The number of fused-ring (bicyclic) bond motifs is 3. The van der Waals surface area contributed by atoms with Gasteiger partial charge in [0.15, 0.2) is 0 Å². The Hall–Kier alpha value is -2.33. The van der Waals surface area contributed by atoms with Gasteiger partial charge in [0.1, 0.15) is 18.6 Å². The van der Waals surface area contributed by atoms with Crippen LogP contribution in [0.3, 0.4) is 0 Å². The maximum atomic E-state index is 5.88. The van der Waals surface area contributed by atoms with Crippen molar-refractivity contribution in [3.05, 3.63) is 53.6 Å². The van der Waals surface area contributed by atoms with E-state index >= 15 is 0 Å². The first-order chi connectivity index (χ1) is 11.3. The number of unbranched alkanes of at least 4 members (excludes halogenated alkanes) is 1. The average Bonchev–Trinajstić information content (AvgIpc) is 2.89. The highest BCUT2D eigenvalue weighted by Crippen LogP contribution is 2.38. The maximum Gasteiger partial charge on any atom is 0.120 e. The van der Waals surface area contributed by atoms with E-state index in [-0.39, 0.29) is 0 Å². The summed E-state index contributed by atoms with van der Waals surface area (Å²) in [5.74, 6) is 0.879. The second-order valence-electron chi connectivity index (χ2n) is 5.53. The predicted octanol–water partition coefficient (Wildman–Crippen LogP) is 3.44. The van der Waals surface area contributed by atoms with Crippen molar-refractivity contribution in [3.63, 3.8) is 0 Å². The summed E-state index contributed by atoms with van der Waals surface area (Å²) < 4.78 is 5.88. The van der Waals surface area contributed by atoms with Crippen molar-refractivity contribution in [2.45, 2.75) is 12.8 Å². The molecule has 0 amide bonds. The molecule has 1 aliphatic carbocycles. The zero-order valence-corrected chi connectivity index (χ0v) is 13.6. The highest BCUT2D eigenvalue weighted by Gasteiger charge is 2.25. The number of rotatable bonds is 7. The molecule has 0 unspecified atom stereocenters. The predicted molar refractivity (Wildman–Crippen MR) is 93.2 cm³/mol. The minimum Gasteiger partial charge on any atom is -0.494 e. The Labute approximate surface area is 137 Å². The summed E-state index contributed by atoms with van der Waals surface area (Å²) in [6.07, 6.45) is 2.15. The largest absolute Gasteiger partial charge is 0.494 e. The normalized spacial score (nSPS) is 13.7. The van der Waals surface area contributed by atoms with Crippen LogP contribution in [0, 0.1) is 0 Å². The van der Waals surface area contributed by atoms with E-state index in [1.54, 1.807) is 7.11 Å². The SMILES string of the molecule is CNCCCCOc1ccc2c(c1)/C(=N/OC)c1ccccc1-2. The summed E-state index contributed by atoms with van der Waals surface area (Å²) in [6, 6.07) is 14.5. The highest BCUT2D eigenvalue weighted by molar-refractivity contribution is 6.24. The summed E-state index contributed by atoms with van der Waals surface area (Å²) in [4.78, 5) is 5.04. The van der Waals surface area contributed by atoms with Crippen LogP contribution >= 0.6 is 0 Å². The maximum absolute atomic E-state index is 5.88.